The SMILES string of the molecule is CCOC(=O)CC(CC)[P+](=O)O. The van der Waals surface area contributed by atoms with Crippen LogP contribution in [-0.4, -0.2) is 23.1 Å². The molecule has 2 atom stereocenters. The third-order valence-electron chi connectivity index (χ3n) is 1.49. The van der Waals surface area contributed by atoms with Crippen LogP contribution in [0.25, 0.3) is 0 Å². The predicted octanol–water partition coefficient (Wildman–Crippen LogP) is 1.45. The van der Waals surface area contributed by atoms with Crippen LogP contribution in [0, 0.1) is 0 Å². The molecule has 0 amide bonds. The first-order valence-electron chi connectivity index (χ1n) is 3.92. The van der Waals surface area contributed by atoms with Crippen molar-refractivity contribution < 1.29 is 19.0 Å². The van der Waals surface area contributed by atoms with Crippen molar-refractivity contribution in [2.75, 3.05) is 6.61 Å². The second-order valence-corrected chi connectivity index (χ2v) is 3.71. The highest BCUT2D eigenvalue weighted by atomic mass is 31.1. The summed E-state index contributed by atoms with van der Waals surface area (Å²) in [5.41, 5.74) is -0.459. The molecule has 0 aliphatic rings. The molecule has 0 aromatic carbocycles. The maximum atomic E-state index is 10.9. The monoisotopic (exact) mass is 193 g/mol. The molecule has 0 aromatic heterocycles. The Morgan fingerprint density at radius 2 is 2.17 bits per heavy atom. The van der Waals surface area contributed by atoms with Gasteiger partial charge in [0.15, 0.2) is 5.66 Å². The van der Waals surface area contributed by atoms with Gasteiger partial charge < -0.3 is 4.74 Å². The van der Waals surface area contributed by atoms with E-state index in [0.29, 0.717) is 13.0 Å². The smallest absolute Gasteiger partial charge is 0.466 e. The van der Waals surface area contributed by atoms with Gasteiger partial charge in [-0.15, -0.1) is 0 Å². The van der Waals surface area contributed by atoms with Gasteiger partial charge in [0.2, 0.25) is 0 Å². The van der Waals surface area contributed by atoms with E-state index in [1.807, 2.05) is 0 Å². The van der Waals surface area contributed by atoms with Crippen LogP contribution in [0.15, 0.2) is 0 Å². The van der Waals surface area contributed by atoms with E-state index in [1.165, 1.54) is 0 Å². The summed E-state index contributed by atoms with van der Waals surface area (Å²) in [4.78, 5) is 19.6. The molecule has 0 heterocycles. The molecular formula is C7H14O4P+. The van der Waals surface area contributed by atoms with Crippen molar-refractivity contribution in [3.63, 3.8) is 0 Å². The number of carbonyl (C=O) groups excluding carboxylic acids is 1. The molecule has 0 bridgehead atoms. The zero-order valence-electron chi connectivity index (χ0n) is 7.32. The van der Waals surface area contributed by atoms with E-state index in [1.54, 1.807) is 13.8 Å². The Morgan fingerprint density at radius 3 is 2.50 bits per heavy atom. The van der Waals surface area contributed by atoms with E-state index in [4.69, 9.17) is 4.89 Å². The summed E-state index contributed by atoms with van der Waals surface area (Å²) in [5.74, 6) is -0.401. The highest BCUT2D eigenvalue weighted by molar-refractivity contribution is 7.38. The molecule has 0 aliphatic heterocycles. The van der Waals surface area contributed by atoms with Gasteiger partial charge in [0, 0.05) is 0 Å². The predicted molar refractivity (Wildman–Crippen MR) is 45.2 cm³/mol. The highest BCUT2D eigenvalue weighted by Gasteiger charge is 2.29. The first-order valence-corrected chi connectivity index (χ1v) is 5.20. The molecule has 0 saturated carbocycles. The van der Waals surface area contributed by atoms with E-state index < -0.39 is 19.7 Å². The van der Waals surface area contributed by atoms with Gasteiger partial charge in [0.05, 0.1) is 13.0 Å². The van der Waals surface area contributed by atoms with Gasteiger partial charge in [-0.25, -0.2) is 0 Å². The molecule has 1 N–H and O–H groups in total. The zero-order chi connectivity index (χ0) is 9.56. The van der Waals surface area contributed by atoms with E-state index >= 15 is 0 Å². The largest absolute Gasteiger partial charge is 0.509 e. The summed E-state index contributed by atoms with van der Waals surface area (Å²) in [6, 6.07) is 0. The van der Waals surface area contributed by atoms with Gasteiger partial charge in [0.25, 0.3) is 0 Å². The number of esters is 1. The maximum Gasteiger partial charge on any atom is 0.509 e. The minimum absolute atomic E-state index is 0.0377. The number of rotatable bonds is 5. The molecule has 0 aliphatic carbocycles. The van der Waals surface area contributed by atoms with E-state index in [0.717, 1.165) is 0 Å². The van der Waals surface area contributed by atoms with Crippen molar-refractivity contribution in [3.8, 4) is 0 Å². The lowest BCUT2D eigenvalue weighted by Gasteiger charge is -2.01. The lowest BCUT2D eigenvalue weighted by Crippen LogP contribution is -2.12. The van der Waals surface area contributed by atoms with Gasteiger partial charge in [-0.3, -0.25) is 4.79 Å². The lowest BCUT2D eigenvalue weighted by atomic mass is 10.2. The normalized spacial score (nSPS) is 13.8. The van der Waals surface area contributed by atoms with Crippen molar-refractivity contribution in [3.05, 3.63) is 0 Å². The molecule has 70 valence electrons. The fourth-order valence-corrected chi connectivity index (χ4v) is 1.41. The Labute approximate surface area is 72.8 Å². The summed E-state index contributed by atoms with van der Waals surface area (Å²) < 4.78 is 15.3. The van der Waals surface area contributed by atoms with Gasteiger partial charge in [-0.05, 0) is 17.9 Å². The summed E-state index contributed by atoms with van der Waals surface area (Å²) in [7, 11) is -2.26. The Kier molecular flexibility index (Phi) is 5.85. The molecule has 0 rings (SSSR count). The van der Waals surface area contributed by atoms with Crippen LogP contribution in [0.3, 0.4) is 0 Å². The van der Waals surface area contributed by atoms with E-state index in [9.17, 15) is 9.36 Å². The second kappa shape index (κ2) is 6.09. The minimum Gasteiger partial charge on any atom is -0.466 e. The zero-order valence-corrected chi connectivity index (χ0v) is 8.21. The van der Waals surface area contributed by atoms with E-state index in [-0.39, 0.29) is 6.42 Å². The van der Waals surface area contributed by atoms with Gasteiger partial charge in [-0.2, -0.15) is 4.89 Å². The lowest BCUT2D eigenvalue weighted by molar-refractivity contribution is -0.143. The molecule has 12 heavy (non-hydrogen) atoms. The van der Waals surface area contributed by atoms with Crippen molar-refractivity contribution >= 4 is 14.0 Å². The van der Waals surface area contributed by atoms with Crippen LogP contribution in [-0.2, 0) is 14.1 Å². The third kappa shape index (κ3) is 4.42. The molecule has 0 spiro atoms. The summed E-state index contributed by atoms with van der Waals surface area (Å²) in [6.07, 6.45) is 0.556. The highest BCUT2D eigenvalue weighted by Crippen LogP contribution is 2.28. The number of hydrogen-bond donors (Lipinski definition) is 1. The summed E-state index contributed by atoms with van der Waals surface area (Å²) >= 11 is 0. The van der Waals surface area contributed by atoms with Gasteiger partial charge >= 0.3 is 14.0 Å². The third-order valence-corrected chi connectivity index (χ3v) is 2.66. The van der Waals surface area contributed by atoms with Crippen LogP contribution in [0.4, 0.5) is 0 Å². The Bertz CT molecular complexity index is 169. The van der Waals surface area contributed by atoms with E-state index in [2.05, 4.69) is 4.74 Å². The Morgan fingerprint density at radius 1 is 1.58 bits per heavy atom. The Balaban J connectivity index is 3.85. The van der Waals surface area contributed by atoms with Crippen molar-refractivity contribution in [2.24, 2.45) is 0 Å². The van der Waals surface area contributed by atoms with Crippen molar-refractivity contribution in [1.82, 2.24) is 0 Å². The average Bonchev–Trinajstić information content (AvgIpc) is 2.00. The van der Waals surface area contributed by atoms with Gasteiger partial charge in [-0.1, -0.05) is 6.92 Å². The molecule has 0 saturated heterocycles. The van der Waals surface area contributed by atoms with Crippen LogP contribution in [0.2, 0.25) is 0 Å². The molecule has 5 heteroatoms. The molecule has 0 fully saturated rings. The topological polar surface area (TPSA) is 63.6 Å². The van der Waals surface area contributed by atoms with Crippen LogP contribution in [0.1, 0.15) is 26.7 Å². The van der Waals surface area contributed by atoms with Crippen LogP contribution >= 0.6 is 8.03 Å². The quantitative estimate of drug-likeness (QED) is 0.530. The minimum atomic E-state index is -2.26. The van der Waals surface area contributed by atoms with Crippen molar-refractivity contribution in [2.45, 2.75) is 32.3 Å². The first-order chi connectivity index (χ1) is 5.61. The Hall–Kier alpha value is -0.470. The molecule has 2 unspecified atom stereocenters. The summed E-state index contributed by atoms with van der Waals surface area (Å²) in [6.45, 7) is 3.79. The molecular weight excluding hydrogens is 179 g/mol. The van der Waals surface area contributed by atoms with Crippen LogP contribution < -0.4 is 0 Å². The second-order valence-electron chi connectivity index (χ2n) is 2.37. The number of hydrogen-bond acceptors (Lipinski definition) is 3. The number of ether oxygens (including phenoxy) is 1. The van der Waals surface area contributed by atoms with Crippen molar-refractivity contribution in [1.29, 1.82) is 0 Å². The first kappa shape index (κ1) is 11.5. The maximum absolute atomic E-state index is 10.9. The summed E-state index contributed by atoms with van der Waals surface area (Å²) in [5, 5.41) is 0. The van der Waals surface area contributed by atoms with Crippen LogP contribution in [0.5, 0.6) is 0 Å². The average molecular weight is 193 g/mol. The fourth-order valence-electron chi connectivity index (χ4n) is 0.791. The molecule has 4 nitrogen and oxygen atoms in total. The van der Waals surface area contributed by atoms with Gasteiger partial charge in [0.1, 0.15) is 0 Å². The molecule has 0 radical (unpaired) electrons. The molecule has 0 aromatic rings. The standard InChI is InChI=1S/C7H13O4P/c1-3-6(12(9)10)5-7(8)11-4-2/h6H,3-5H2,1-2H3/p+1. The fraction of sp³-hybridized carbons (Fsp3) is 0.857. The number of carbonyl (C=O) groups is 1.